The highest BCUT2D eigenvalue weighted by atomic mass is 16.5. The second-order valence-corrected chi connectivity index (χ2v) is 7.26. The highest BCUT2D eigenvalue weighted by molar-refractivity contribution is 5.18. The lowest BCUT2D eigenvalue weighted by Gasteiger charge is -2.40. The van der Waals surface area contributed by atoms with Gasteiger partial charge in [-0.1, -0.05) is 5.21 Å². The maximum Gasteiger partial charge on any atom is 0.128 e. The van der Waals surface area contributed by atoms with Crippen LogP contribution < -0.4 is 0 Å². The Morgan fingerprint density at radius 2 is 1.86 bits per heavy atom. The highest BCUT2D eigenvalue weighted by Gasteiger charge is 2.36. The minimum absolute atomic E-state index is 0.0423. The van der Waals surface area contributed by atoms with Crippen LogP contribution in [0.4, 0.5) is 0 Å². The molecule has 1 aliphatic heterocycles. The first-order chi connectivity index (χ1) is 10.3. The number of nitrogens with zero attached hydrogens (tertiary/aromatic N) is 4. The van der Waals surface area contributed by atoms with Crippen LogP contribution in [-0.4, -0.2) is 58.8 Å². The van der Waals surface area contributed by atoms with Crippen molar-refractivity contribution in [1.82, 2.24) is 19.9 Å². The lowest BCUT2D eigenvalue weighted by Crippen LogP contribution is -2.49. The summed E-state index contributed by atoms with van der Waals surface area (Å²) >= 11 is 0. The molecule has 0 bridgehead atoms. The van der Waals surface area contributed by atoms with E-state index in [2.05, 4.69) is 49.8 Å². The molecule has 1 aliphatic rings. The van der Waals surface area contributed by atoms with Gasteiger partial charge in [0.05, 0.1) is 11.4 Å². The fourth-order valence-corrected chi connectivity index (χ4v) is 3.08. The molecule has 0 saturated heterocycles. The third-order valence-corrected chi connectivity index (χ3v) is 4.42. The zero-order valence-corrected chi connectivity index (χ0v) is 15.0. The Morgan fingerprint density at radius 3 is 2.36 bits per heavy atom. The van der Waals surface area contributed by atoms with E-state index in [1.165, 1.54) is 0 Å². The van der Waals surface area contributed by atoms with Gasteiger partial charge in [-0.05, 0) is 34.6 Å². The standard InChI is InChI=1S/C16H30N4O2/c1-11(2)20-14-12(17-18-20)8-9-19(16(3,4)5)10-13(21-6)15(14)22-7/h11,13,15H,8-10H2,1-7H3. The van der Waals surface area contributed by atoms with Gasteiger partial charge in [0.2, 0.25) is 0 Å². The summed E-state index contributed by atoms with van der Waals surface area (Å²) < 4.78 is 13.6. The fraction of sp³-hybridized carbons (Fsp3) is 0.875. The van der Waals surface area contributed by atoms with Gasteiger partial charge in [0.25, 0.3) is 0 Å². The van der Waals surface area contributed by atoms with Crippen molar-refractivity contribution < 1.29 is 9.47 Å². The van der Waals surface area contributed by atoms with Gasteiger partial charge in [0, 0.05) is 45.3 Å². The van der Waals surface area contributed by atoms with Crippen LogP contribution in [0.2, 0.25) is 0 Å². The van der Waals surface area contributed by atoms with Crippen molar-refractivity contribution in [2.75, 3.05) is 27.3 Å². The molecule has 2 rings (SSSR count). The van der Waals surface area contributed by atoms with Crippen molar-refractivity contribution in [3.63, 3.8) is 0 Å². The van der Waals surface area contributed by atoms with Crippen molar-refractivity contribution in [2.24, 2.45) is 0 Å². The molecule has 0 radical (unpaired) electrons. The summed E-state index contributed by atoms with van der Waals surface area (Å²) in [6, 6.07) is 0.254. The van der Waals surface area contributed by atoms with Crippen LogP contribution >= 0.6 is 0 Å². The summed E-state index contributed by atoms with van der Waals surface area (Å²) in [5, 5.41) is 8.76. The van der Waals surface area contributed by atoms with E-state index in [0.29, 0.717) is 0 Å². The van der Waals surface area contributed by atoms with E-state index in [4.69, 9.17) is 9.47 Å². The van der Waals surface area contributed by atoms with Gasteiger partial charge < -0.3 is 9.47 Å². The van der Waals surface area contributed by atoms with Crippen LogP contribution in [0.1, 0.15) is 58.2 Å². The average Bonchev–Trinajstić information content (AvgIpc) is 2.81. The number of aromatic nitrogens is 3. The van der Waals surface area contributed by atoms with Gasteiger partial charge in [0.15, 0.2) is 0 Å². The number of rotatable bonds is 3. The van der Waals surface area contributed by atoms with Crippen molar-refractivity contribution in [3.8, 4) is 0 Å². The Hall–Kier alpha value is -0.980. The van der Waals surface area contributed by atoms with Crippen LogP contribution in [0.15, 0.2) is 0 Å². The molecule has 0 saturated carbocycles. The van der Waals surface area contributed by atoms with Gasteiger partial charge in [-0.15, -0.1) is 5.10 Å². The summed E-state index contributed by atoms with van der Waals surface area (Å²) in [7, 11) is 3.49. The summed E-state index contributed by atoms with van der Waals surface area (Å²) in [6.07, 6.45) is 0.692. The number of hydrogen-bond acceptors (Lipinski definition) is 5. The molecule has 2 atom stereocenters. The van der Waals surface area contributed by atoms with E-state index in [-0.39, 0.29) is 23.8 Å². The van der Waals surface area contributed by atoms with Crippen LogP contribution in [0.5, 0.6) is 0 Å². The normalized spacial score (nSPS) is 24.2. The average molecular weight is 310 g/mol. The van der Waals surface area contributed by atoms with E-state index in [0.717, 1.165) is 30.9 Å². The van der Waals surface area contributed by atoms with Crippen LogP contribution in [0.3, 0.4) is 0 Å². The van der Waals surface area contributed by atoms with Gasteiger partial charge in [0.1, 0.15) is 12.2 Å². The quantitative estimate of drug-likeness (QED) is 0.857. The zero-order chi connectivity index (χ0) is 16.5. The molecule has 0 spiro atoms. The first kappa shape index (κ1) is 17.4. The van der Waals surface area contributed by atoms with E-state index < -0.39 is 0 Å². The van der Waals surface area contributed by atoms with Gasteiger partial charge in [-0.3, -0.25) is 4.90 Å². The first-order valence-corrected chi connectivity index (χ1v) is 8.04. The molecule has 1 aromatic heterocycles. The molecule has 0 amide bonds. The predicted molar refractivity (Wildman–Crippen MR) is 86.0 cm³/mol. The molecule has 2 unspecified atom stereocenters. The molecule has 126 valence electrons. The predicted octanol–water partition coefficient (Wildman–Crippen LogP) is 2.22. The smallest absolute Gasteiger partial charge is 0.128 e. The summed E-state index contributed by atoms with van der Waals surface area (Å²) in [5.41, 5.74) is 2.18. The lowest BCUT2D eigenvalue weighted by atomic mass is 9.98. The van der Waals surface area contributed by atoms with Gasteiger partial charge >= 0.3 is 0 Å². The lowest BCUT2D eigenvalue weighted by molar-refractivity contribution is -0.0700. The number of ether oxygens (including phenoxy) is 2. The third-order valence-electron chi connectivity index (χ3n) is 4.42. The Labute approximate surface area is 133 Å². The largest absolute Gasteiger partial charge is 0.377 e. The van der Waals surface area contributed by atoms with Gasteiger partial charge in [-0.25, -0.2) is 4.68 Å². The summed E-state index contributed by atoms with van der Waals surface area (Å²) in [4.78, 5) is 2.44. The molecule has 0 aliphatic carbocycles. The topological polar surface area (TPSA) is 52.4 Å². The van der Waals surface area contributed by atoms with Crippen LogP contribution in [-0.2, 0) is 15.9 Å². The van der Waals surface area contributed by atoms with E-state index in [1.54, 1.807) is 14.2 Å². The molecule has 6 heteroatoms. The van der Waals surface area contributed by atoms with Crippen molar-refractivity contribution in [2.45, 2.75) is 64.8 Å². The Balaban J connectivity index is 2.45. The number of methoxy groups -OCH3 is 2. The molecule has 1 aromatic rings. The summed E-state index contributed by atoms with van der Waals surface area (Å²) in [5.74, 6) is 0. The minimum atomic E-state index is -0.150. The molecule has 0 N–H and O–H groups in total. The molecule has 22 heavy (non-hydrogen) atoms. The molecule has 0 fully saturated rings. The van der Waals surface area contributed by atoms with Crippen LogP contribution in [0.25, 0.3) is 0 Å². The Kier molecular flexibility index (Phi) is 5.25. The van der Waals surface area contributed by atoms with Crippen LogP contribution in [0, 0.1) is 0 Å². The second kappa shape index (κ2) is 6.64. The molecular formula is C16H30N4O2. The maximum absolute atomic E-state index is 5.81. The Morgan fingerprint density at radius 1 is 1.18 bits per heavy atom. The van der Waals surface area contributed by atoms with Gasteiger partial charge in [-0.2, -0.15) is 0 Å². The third kappa shape index (κ3) is 3.34. The van der Waals surface area contributed by atoms with Crippen molar-refractivity contribution >= 4 is 0 Å². The van der Waals surface area contributed by atoms with E-state index in [1.807, 2.05) is 4.68 Å². The molecular weight excluding hydrogens is 280 g/mol. The Bertz CT molecular complexity index is 493. The van der Waals surface area contributed by atoms with E-state index >= 15 is 0 Å². The molecule has 6 nitrogen and oxygen atoms in total. The number of fused-ring (bicyclic) bond motifs is 1. The SMILES string of the molecule is COC1CN(C(C)(C)C)CCc2nnn(C(C)C)c2C1OC. The maximum atomic E-state index is 5.81. The van der Waals surface area contributed by atoms with Crippen molar-refractivity contribution in [1.29, 1.82) is 0 Å². The molecule has 2 heterocycles. The first-order valence-electron chi connectivity index (χ1n) is 8.04. The number of hydrogen-bond donors (Lipinski definition) is 0. The second-order valence-electron chi connectivity index (χ2n) is 7.26. The summed E-state index contributed by atoms with van der Waals surface area (Å²) in [6.45, 7) is 12.7. The highest BCUT2D eigenvalue weighted by Crippen LogP contribution is 2.31. The fourth-order valence-electron chi connectivity index (χ4n) is 3.08. The zero-order valence-electron chi connectivity index (χ0n) is 15.0. The monoisotopic (exact) mass is 310 g/mol. The minimum Gasteiger partial charge on any atom is -0.377 e. The molecule has 0 aromatic carbocycles. The van der Waals surface area contributed by atoms with Crippen molar-refractivity contribution in [3.05, 3.63) is 11.4 Å². The van der Waals surface area contributed by atoms with E-state index in [9.17, 15) is 0 Å².